The smallest absolute Gasteiger partial charge is 0.257 e. The van der Waals surface area contributed by atoms with Crippen molar-refractivity contribution >= 4 is 23.3 Å². The Morgan fingerprint density at radius 3 is 2.73 bits per heavy atom. The van der Waals surface area contributed by atoms with E-state index in [4.69, 9.17) is 4.74 Å². The number of hydrogen-bond donors (Lipinski definition) is 1. The van der Waals surface area contributed by atoms with Crippen LogP contribution in [-0.2, 0) is 11.4 Å². The number of anilines is 1. The Kier molecular flexibility index (Phi) is 6.35. The summed E-state index contributed by atoms with van der Waals surface area (Å²) in [5.41, 5.74) is 4.05. The molecular formula is C25H25N5O3. The van der Waals surface area contributed by atoms with Crippen molar-refractivity contribution in [3.63, 3.8) is 0 Å². The van der Waals surface area contributed by atoms with E-state index in [1.54, 1.807) is 43.6 Å². The van der Waals surface area contributed by atoms with E-state index in [0.29, 0.717) is 17.1 Å². The highest BCUT2D eigenvalue weighted by Gasteiger charge is 2.19. The number of carbonyl (C=O) groups is 2. The van der Waals surface area contributed by atoms with Crippen molar-refractivity contribution in [3.05, 3.63) is 89.5 Å². The fraction of sp³-hybridized carbons (Fsp3) is 0.200. The number of benzene rings is 1. The molecule has 33 heavy (non-hydrogen) atoms. The van der Waals surface area contributed by atoms with E-state index in [-0.39, 0.29) is 25.0 Å². The molecule has 0 fully saturated rings. The zero-order valence-corrected chi connectivity index (χ0v) is 18.8. The Bertz CT molecular complexity index is 1310. The number of fused-ring (bicyclic) bond motifs is 1. The summed E-state index contributed by atoms with van der Waals surface area (Å²) in [7, 11) is 1.58. The maximum atomic E-state index is 13.0. The third kappa shape index (κ3) is 5.17. The van der Waals surface area contributed by atoms with Gasteiger partial charge in [0.25, 0.3) is 5.91 Å². The molecule has 0 bridgehead atoms. The number of rotatable bonds is 7. The van der Waals surface area contributed by atoms with Gasteiger partial charge in [-0.25, -0.2) is 9.97 Å². The number of aromatic nitrogens is 3. The number of pyridine rings is 2. The Labute approximate surface area is 191 Å². The molecule has 2 amide bonds. The minimum absolute atomic E-state index is 0.117. The molecule has 4 rings (SSSR count). The quantitative estimate of drug-likeness (QED) is 0.471. The van der Waals surface area contributed by atoms with Crippen LogP contribution in [0.1, 0.15) is 27.2 Å². The number of nitrogens with zero attached hydrogens (tertiary/aromatic N) is 4. The standard InChI is InChI=1S/C25H25N5O3/c1-17-10-11-26-22(13-17)28-23(31)15-29(3)25(32)20-8-4-5-9-21(20)33-16-19-14-30-12-6-7-18(2)24(30)27-19/h4-14H,15-16H2,1-3H3,(H,26,28,31). The highest BCUT2D eigenvalue weighted by atomic mass is 16.5. The average Bonchev–Trinajstić information content (AvgIpc) is 3.22. The second-order valence-electron chi connectivity index (χ2n) is 7.87. The van der Waals surface area contributed by atoms with E-state index in [1.807, 2.05) is 48.8 Å². The summed E-state index contributed by atoms with van der Waals surface area (Å²) in [5.74, 6) is 0.238. The van der Waals surface area contributed by atoms with Crippen LogP contribution in [0.5, 0.6) is 5.75 Å². The molecule has 0 unspecified atom stereocenters. The molecule has 0 radical (unpaired) electrons. The highest BCUT2D eigenvalue weighted by Crippen LogP contribution is 2.21. The monoisotopic (exact) mass is 443 g/mol. The number of ether oxygens (including phenoxy) is 1. The number of para-hydroxylation sites is 1. The number of imidazole rings is 1. The van der Waals surface area contributed by atoms with Crippen LogP contribution in [-0.4, -0.2) is 44.7 Å². The number of nitrogens with one attached hydrogen (secondary N) is 1. The van der Waals surface area contributed by atoms with Crippen LogP contribution in [0, 0.1) is 13.8 Å². The van der Waals surface area contributed by atoms with Crippen LogP contribution >= 0.6 is 0 Å². The van der Waals surface area contributed by atoms with Crippen molar-refractivity contribution in [2.45, 2.75) is 20.5 Å². The van der Waals surface area contributed by atoms with Crippen LogP contribution in [0.25, 0.3) is 5.65 Å². The summed E-state index contributed by atoms with van der Waals surface area (Å²) in [6, 6.07) is 14.6. The molecule has 4 aromatic rings. The topological polar surface area (TPSA) is 88.8 Å². The molecule has 0 aliphatic rings. The molecule has 3 aromatic heterocycles. The van der Waals surface area contributed by atoms with Gasteiger partial charge in [0.2, 0.25) is 5.91 Å². The lowest BCUT2D eigenvalue weighted by Gasteiger charge is -2.18. The summed E-state index contributed by atoms with van der Waals surface area (Å²) in [6.07, 6.45) is 5.46. The number of likely N-dealkylation sites (N-methyl/N-ethyl adjacent to an activating group) is 1. The Balaban J connectivity index is 1.42. The zero-order valence-electron chi connectivity index (χ0n) is 18.8. The second kappa shape index (κ2) is 9.52. The van der Waals surface area contributed by atoms with Crippen LogP contribution in [0.4, 0.5) is 5.82 Å². The molecule has 8 heteroatoms. The van der Waals surface area contributed by atoms with E-state index < -0.39 is 0 Å². The minimum Gasteiger partial charge on any atom is -0.486 e. The third-order valence-electron chi connectivity index (χ3n) is 5.13. The maximum absolute atomic E-state index is 13.0. The van der Waals surface area contributed by atoms with E-state index in [0.717, 1.165) is 22.5 Å². The van der Waals surface area contributed by atoms with Crippen molar-refractivity contribution in [3.8, 4) is 5.75 Å². The fourth-order valence-electron chi connectivity index (χ4n) is 3.47. The van der Waals surface area contributed by atoms with Crippen molar-refractivity contribution < 1.29 is 14.3 Å². The van der Waals surface area contributed by atoms with E-state index in [2.05, 4.69) is 15.3 Å². The molecule has 3 heterocycles. The largest absolute Gasteiger partial charge is 0.486 e. The van der Waals surface area contributed by atoms with Gasteiger partial charge in [-0.15, -0.1) is 0 Å². The molecule has 0 spiro atoms. The van der Waals surface area contributed by atoms with E-state index >= 15 is 0 Å². The molecule has 0 aliphatic heterocycles. The first-order valence-electron chi connectivity index (χ1n) is 10.5. The first-order chi connectivity index (χ1) is 15.9. The first-order valence-corrected chi connectivity index (χ1v) is 10.5. The van der Waals surface area contributed by atoms with Gasteiger partial charge < -0.3 is 19.4 Å². The van der Waals surface area contributed by atoms with Gasteiger partial charge in [-0.05, 0) is 55.3 Å². The lowest BCUT2D eigenvalue weighted by atomic mass is 10.1. The molecule has 8 nitrogen and oxygen atoms in total. The normalized spacial score (nSPS) is 10.8. The lowest BCUT2D eigenvalue weighted by molar-refractivity contribution is -0.116. The maximum Gasteiger partial charge on any atom is 0.257 e. The Hall–Kier alpha value is -4.20. The number of amides is 2. The van der Waals surface area contributed by atoms with Crippen LogP contribution in [0.15, 0.2) is 67.1 Å². The van der Waals surface area contributed by atoms with Gasteiger partial charge >= 0.3 is 0 Å². The van der Waals surface area contributed by atoms with Gasteiger partial charge in [0.05, 0.1) is 17.8 Å². The van der Waals surface area contributed by atoms with Gasteiger partial charge in [0.1, 0.15) is 23.8 Å². The van der Waals surface area contributed by atoms with Gasteiger partial charge in [-0.3, -0.25) is 9.59 Å². The van der Waals surface area contributed by atoms with Gasteiger partial charge in [0.15, 0.2) is 0 Å². The van der Waals surface area contributed by atoms with Crippen LogP contribution in [0.3, 0.4) is 0 Å². The van der Waals surface area contributed by atoms with Crippen LogP contribution < -0.4 is 10.1 Å². The van der Waals surface area contributed by atoms with Crippen molar-refractivity contribution in [1.29, 1.82) is 0 Å². The van der Waals surface area contributed by atoms with Gasteiger partial charge in [-0.1, -0.05) is 18.2 Å². The second-order valence-corrected chi connectivity index (χ2v) is 7.87. The summed E-state index contributed by atoms with van der Waals surface area (Å²) in [4.78, 5) is 35.5. The summed E-state index contributed by atoms with van der Waals surface area (Å²) < 4.78 is 7.89. The van der Waals surface area contributed by atoms with E-state index in [1.165, 1.54) is 4.90 Å². The molecule has 0 aliphatic carbocycles. The summed E-state index contributed by atoms with van der Waals surface area (Å²) in [5, 5.41) is 2.71. The molecule has 0 saturated heterocycles. The summed E-state index contributed by atoms with van der Waals surface area (Å²) in [6.45, 7) is 4.02. The molecule has 168 valence electrons. The average molecular weight is 444 g/mol. The number of carbonyl (C=O) groups excluding carboxylic acids is 2. The van der Waals surface area contributed by atoms with Crippen molar-refractivity contribution in [2.75, 3.05) is 18.9 Å². The van der Waals surface area contributed by atoms with Crippen molar-refractivity contribution in [2.24, 2.45) is 0 Å². The fourth-order valence-corrected chi connectivity index (χ4v) is 3.47. The predicted octanol–water partition coefficient (Wildman–Crippen LogP) is 3.64. The lowest BCUT2D eigenvalue weighted by Crippen LogP contribution is -2.35. The van der Waals surface area contributed by atoms with Crippen molar-refractivity contribution in [1.82, 2.24) is 19.3 Å². The van der Waals surface area contributed by atoms with E-state index in [9.17, 15) is 9.59 Å². The third-order valence-corrected chi connectivity index (χ3v) is 5.13. The molecule has 1 N–H and O–H groups in total. The first kappa shape index (κ1) is 22.0. The number of aryl methyl sites for hydroxylation is 2. The Morgan fingerprint density at radius 2 is 1.94 bits per heavy atom. The van der Waals surface area contributed by atoms with Gasteiger partial charge in [-0.2, -0.15) is 0 Å². The zero-order chi connectivity index (χ0) is 23.4. The van der Waals surface area contributed by atoms with Gasteiger partial charge in [0, 0.05) is 25.6 Å². The minimum atomic E-state index is -0.331. The predicted molar refractivity (Wildman–Crippen MR) is 125 cm³/mol. The number of hydrogen-bond acceptors (Lipinski definition) is 5. The van der Waals surface area contributed by atoms with Crippen LogP contribution in [0.2, 0.25) is 0 Å². The highest BCUT2D eigenvalue weighted by molar-refractivity contribution is 6.00. The SMILES string of the molecule is Cc1ccnc(NC(=O)CN(C)C(=O)c2ccccc2OCc2cn3cccc(C)c3n2)c1. The molecule has 0 atom stereocenters. The molecule has 0 saturated carbocycles. The molecular weight excluding hydrogens is 418 g/mol. The summed E-state index contributed by atoms with van der Waals surface area (Å²) >= 11 is 0. The Morgan fingerprint density at radius 1 is 1.12 bits per heavy atom. The molecule has 1 aromatic carbocycles.